The van der Waals surface area contributed by atoms with Crippen molar-refractivity contribution in [2.75, 3.05) is 0 Å². The zero-order valence-electron chi connectivity index (χ0n) is 12.1. The summed E-state index contributed by atoms with van der Waals surface area (Å²) in [6.45, 7) is 1.17. The number of fused-ring (bicyclic) bond motifs is 3. The Morgan fingerprint density at radius 3 is 2.77 bits per heavy atom. The van der Waals surface area contributed by atoms with E-state index in [1.165, 1.54) is 10.4 Å². The van der Waals surface area contributed by atoms with Gasteiger partial charge in [0, 0.05) is 18.7 Å². The largest absolute Gasteiger partial charge is 0.326 e. The molecule has 4 heteroatoms. The van der Waals surface area contributed by atoms with E-state index in [2.05, 4.69) is 11.4 Å². The SMILES string of the molecule is NCc1cc(-c2ccccc2)c(=O)n2c1-c1sccc1CC2. The molecule has 0 unspecified atom stereocenters. The lowest BCUT2D eigenvalue weighted by Gasteiger charge is -2.22. The topological polar surface area (TPSA) is 48.0 Å². The summed E-state index contributed by atoms with van der Waals surface area (Å²) in [5.41, 5.74) is 11.1. The lowest BCUT2D eigenvalue weighted by molar-refractivity contribution is 0.658. The molecular formula is C18H16N2OS. The Balaban J connectivity index is 2.03. The van der Waals surface area contributed by atoms with E-state index in [4.69, 9.17) is 5.73 Å². The minimum absolute atomic E-state index is 0.0810. The third-order valence-electron chi connectivity index (χ3n) is 4.24. The number of aryl methyl sites for hydroxylation is 1. The van der Waals surface area contributed by atoms with Crippen molar-refractivity contribution in [2.45, 2.75) is 19.5 Å². The summed E-state index contributed by atoms with van der Waals surface area (Å²) in [6.07, 6.45) is 0.911. The fourth-order valence-electron chi connectivity index (χ4n) is 3.16. The number of hydrogen-bond donors (Lipinski definition) is 1. The molecule has 0 saturated heterocycles. The molecule has 0 bridgehead atoms. The normalized spacial score (nSPS) is 12.8. The molecule has 3 heterocycles. The molecule has 2 N–H and O–H groups in total. The van der Waals surface area contributed by atoms with Gasteiger partial charge in [-0.1, -0.05) is 30.3 Å². The van der Waals surface area contributed by atoms with Gasteiger partial charge in [0.25, 0.3) is 5.56 Å². The van der Waals surface area contributed by atoms with Crippen LogP contribution in [0.5, 0.6) is 0 Å². The zero-order valence-corrected chi connectivity index (χ0v) is 12.9. The minimum atomic E-state index is 0.0810. The van der Waals surface area contributed by atoms with E-state index >= 15 is 0 Å². The molecule has 110 valence electrons. The predicted octanol–water partition coefficient (Wildman–Crippen LogP) is 3.26. The molecule has 1 aliphatic rings. The van der Waals surface area contributed by atoms with Crippen LogP contribution in [0.2, 0.25) is 0 Å². The molecule has 1 aliphatic heterocycles. The first-order valence-corrected chi connectivity index (χ1v) is 8.26. The fraction of sp³-hybridized carbons (Fsp3) is 0.167. The van der Waals surface area contributed by atoms with Crippen LogP contribution in [-0.4, -0.2) is 4.57 Å². The number of rotatable bonds is 2. The van der Waals surface area contributed by atoms with Crippen molar-refractivity contribution in [3.05, 3.63) is 69.3 Å². The van der Waals surface area contributed by atoms with Crippen molar-refractivity contribution in [3.8, 4) is 21.7 Å². The molecule has 0 atom stereocenters. The van der Waals surface area contributed by atoms with Gasteiger partial charge < -0.3 is 10.3 Å². The average molecular weight is 308 g/mol. The number of nitrogens with zero attached hydrogens (tertiary/aromatic N) is 1. The van der Waals surface area contributed by atoms with Crippen molar-refractivity contribution in [1.82, 2.24) is 4.57 Å². The van der Waals surface area contributed by atoms with E-state index in [0.29, 0.717) is 6.54 Å². The van der Waals surface area contributed by atoms with Crippen LogP contribution in [-0.2, 0) is 19.5 Å². The number of benzene rings is 1. The highest BCUT2D eigenvalue weighted by Gasteiger charge is 2.23. The van der Waals surface area contributed by atoms with E-state index in [1.807, 2.05) is 41.0 Å². The van der Waals surface area contributed by atoms with Gasteiger partial charge in [-0.15, -0.1) is 11.3 Å². The smallest absolute Gasteiger partial charge is 0.258 e. The Bertz CT molecular complexity index is 893. The summed E-state index contributed by atoms with van der Waals surface area (Å²) < 4.78 is 1.91. The van der Waals surface area contributed by atoms with E-state index < -0.39 is 0 Å². The van der Waals surface area contributed by atoms with E-state index in [-0.39, 0.29) is 5.56 Å². The molecule has 0 spiro atoms. The second-order valence-electron chi connectivity index (χ2n) is 5.48. The molecular weight excluding hydrogens is 292 g/mol. The molecule has 2 aromatic heterocycles. The highest BCUT2D eigenvalue weighted by atomic mass is 32.1. The molecule has 0 saturated carbocycles. The van der Waals surface area contributed by atoms with Crippen LogP contribution >= 0.6 is 11.3 Å². The zero-order chi connectivity index (χ0) is 15.1. The molecule has 1 aromatic carbocycles. The molecule has 0 amide bonds. The highest BCUT2D eigenvalue weighted by Crippen LogP contribution is 2.36. The van der Waals surface area contributed by atoms with Crippen molar-refractivity contribution in [3.63, 3.8) is 0 Å². The van der Waals surface area contributed by atoms with Crippen LogP contribution in [0.15, 0.2) is 52.6 Å². The van der Waals surface area contributed by atoms with Gasteiger partial charge in [0.05, 0.1) is 10.6 Å². The maximum absolute atomic E-state index is 12.9. The maximum atomic E-state index is 12.9. The Labute approximate surface area is 132 Å². The van der Waals surface area contributed by atoms with Gasteiger partial charge in [0.2, 0.25) is 0 Å². The number of aromatic nitrogens is 1. The van der Waals surface area contributed by atoms with Gasteiger partial charge in [-0.2, -0.15) is 0 Å². The molecule has 0 fully saturated rings. The van der Waals surface area contributed by atoms with E-state index in [9.17, 15) is 4.79 Å². The number of nitrogens with two attached hydrogens (primary N) is 1. The summed E-state index contributed by atoms with van der Waals surface area (Å²) in [7, 11) is 0. The monoisotopic (exact) mass is 308 g/mol. The van der Waals surface area contributed by atoms with Crippen LogP contribution in [0.25, 0.3) is 21.7 Å². The Morgan fingerprint density at radius 2 is 2.00 bits per heavy atom. The summed E-state index contributed by atoms with van der Waals surface area (Å²) in [4.78, 5) is 14.1. The highest BCUT2D eigenvalue weighted by molar-refractivity contribution is 7.13. The van der Waals surface area contributed by atoms with Crippen molar-refractivity contribution in [2.24, 2.45) is 5.73 Å². The van der Waals surface area contributed by atoms with Gasteiger partial charge in [-0.3, -0.25) is 4.79 Å². The first-order valence-electron chi connectivity index (χ1n) is 7.38. The third-order valence-corrected chi connectivity index (χ3v) is 5.20. The Morgan fingerprint density at radius 1 is 1.18 bits per heavy atom. The maximum Gasteiger partial charge on any atom is 0.258 e. The quantitative estimate of drug-likeness (QED) is 0.790. The second-order valence-corrected chi connectivity index (χ2v) is 6.40. The van der Waals surface area contributed by atoms with Crippen molar-refractivity contribution < 1.29 is 0 Å². The first-order chi connectivity index (χ1) is 10.8. The number of pyridine rings is 1. The standard InChI is InChI=1S/C18H16N2OS/c19-11-14-10-15(12-4-2-1-3-5-12)18(21)20-8-6-13-7-9-22-17(13)16(14)20/h1-5,7,9-10H,6,8,11,19H2. The summed E-state index contributed by atoms with van der Waals surface area (Å²) >= 11 is 1.69. The van der Waals surface area contributed by atoms with E-state index in [1.54, 1.807) is 11.3 Å². The molecule has 0 radical (unpaired) electrons. The number of hydrogen-bond acceptors (Lipinski definition) is 3. The average Bonchev–Trinajstić information content (AvgIpc) is 3.05. The van der Waals surface area contributed by atoms with Crippen LogP contribution in [0.1, 0.15) is 11.1 Å². The first kappa shape index (κ1) is 13.5. The van der Waals surface area contributed by atoms with Gasteiger partial charge >= 0.3 is 0 Å². The lowest BCUT2D eigenvalue weighted by Crippen LogP contribution is -2.28. The summed E-state index contributed by atoms with van der Waals surface area (Å²) in [5.74, 6) is 0. The second kappa shape index (κ2) is 5.23. The Hall–Kier alpha value is -2.17. The van der Waals surface area contributed by atoms with Gasteiger partial charge in [-0.25, -0.2) is 0 Å². The van der Waals surface area contributed by atoms with Gasteiger partial charge in [0.1, 0.15) is 0 Å². The van der Waals surface area contributed by atoms with Crippen LogP contribution in [0, 0.1) is 0 Å². The molecule has 22 heavy (non-hydrogen) atoms. The van der Waals surface area contributed by atoms with E-state index in [0.717, 1.165) is 35.3 Å². The predicted molar refractivity (Wildman–Crippen MR) is 91.0 cm³/mol. The molecule has 4 rings (SSSR count). The molecule has 3 nitrogen and oxygen atoms in total. The van der Waals surface area contributed by atoms with Crippen molar-refractivity contribution >= 4 is 11.3 Å². The summed E-state index contributed by atoms with van der Waals surface area (Å²) in [6, 6.07) is 13.9. The van der Waals surface area contributed by atoms with Gasteiger partial charge in [0.15, 0.2) is 0 Å². The van der Waals surface area contributed by atoms with Gasteiger partial charge in [-0.05, 0) is 40.6 Å². The third kappa shape index (κ3) is 1.95. The lowest BCUT2D eigenvalue weighted by atomic mass is 9.98. The fourth-order valence-corrected chi connectivity index (χ4v) is 4.20. The van der Waals surface area contributed by atoms with Crippen LogP contribution < -0.4 is 11.3 Å². The molecule has 0 aliphatic carbocycles. The van der Waals surface area contributed by atoms with Crippen LogP contribution in [0.4, 0.5) is 0 Å². The van der Waals surface area contributed by atoms with Crippen molar-refractivity contribution in [1.29, 1.82) is 0 Å². The summed E-state index contributed by atoms with van der Waals surface area (Å²) in [5, 5.41) is 2.09. The van der Waals surface area contributed by atoms with Crippen LogP contribution in [0.3, 0.4) is 0 Å². The molecule has 3 aromatic rings. The Kier molecular flexibility index (Phi) is 3.21. The minimum Gasteiger partial charge on any atom is -0.326 e. The number of thiophene rings is 1.